The third-order valence-corrected chi connectivity index (χ3v) is 3.98. The fraction of sp³-hybridized carbons (Fsp3) is 0.833. The zero-order chi connectivity index (χ0) is 12.0. The van der Waals surface area contributed by atoms with Gasteiger partial charge < -0.3 is 15.3 Å². The normalized spacial score (nSPS) is 36.9. The van der Waals surface area contributed by atoms with Crippen LogP contribution < -0.4 is 5.32 Å². The van der Waals surface area contributed by atoms with E-state index in [1.807, 2.05) is 4.90 Å². The van der Waals surface area contributed by atoms with Crippen LogP contribution in [0.5, 0.6) is 0 Å². The molecule has 1 saturated heterocycles. The van der Waals surface area contributed by atoms with E-state index in [9.17, 15) is 9.59 Å². The molecule has 2 amide bonds. The molecule has 0 bridgehead atoms. The number of carbonyl (C=O) groups excluding carboxylic acids is 2. The molecule has 0 aromatic carbocycles. The number of hydrogen-bond acceptors (Lipinski definition) is 3. The van der Waals surface area contributed by atoms with E-state index in [-0.39, 0.29) is 29.9 Å². The molecule has 3 fully saturated rings. The third kappa shape index (κ3) is 2.16. The van der Waals surface area contributed by atoms with Gasteiger partial charge in [0.1, 0.15) is 0 Å². The molecule has 0 aromatic heterocycles. The second kappa shape index (κ2) is 3.98. The van der Waals surface area contributed by atoms with Crippen molar-refractivity contribution in [2.75, 3.05) is 6.54 Å². The zero-order valence-electron chi connectivity index (χ0n) is 9.76. The number of hydrogen-bond donors (Lipinski definition) is 2. The molecule has 94 valence electrons. The van der Waals surface area contributed by atoms with Crippen molar-refractivity contribution >= 4 is 11.8 Å². The lowest BCUT2D eigenvalue weighted by Gasteiger charge is -2.32. The van der Waals surface area contributed by atoms with Gasteiger partial charge in [-0.25, -0.2) is 0 Å². The molecule has 0 spiro atoms. The minimum absolute atomic E-state index is 0.0154. The first-order chi connectivity index (χ1) is 8.13. The molecular weight excluding hydrogens is 220 g/mol. The Bertz CT molecular complexity index is 348. The summed E-state index contributed by atoms with van der Waals surface area (Å²) < 4.78 is 0. The van der Waals surface area contributed by atoms with Gasteiger partial charge in [0.2, 0.25) is 11.8 Å². The Morgan fingerprint density at radius 3 is 2.65 bits per heavy atom. The Hall–Kier alpha value is -1.10. The van der Waals surface area contributed by atoms with Crippen LogP contribution in [0.1, 0.15) is 32.1 Å². The first-order valence-corrected chi connectivity index (χ1v) is 6.41. The number of rotatable bonds is 3. The molecule has 1 heterocycles. The average molecular weight is 238 g/mol. The molecule has 2 aliphatic carbocycles. The van der Waals surface area contributed by atoms with Crippen LogP contribution >= 0.6 is 0 Å². The highest BCUT2D eigenvalue weighted by Crippen LogP contribution is 2.32. The van der Waals surface area contributed by atoms with Gasteiger partial charge in [-0.2, -0.15) is 0 Å². The molecule has 5 nitrogen and oxygen atoms in total. The van der Waals surface area contributed by atoms with E-state index < -0.39 is 0 Å². The second-order valence-corrected chi connectivity index (χ2v) is 5.51. The van der Waals surface area contributed by atoms with Gasteiger partial charge in [-0.15, -0.1) is 0 Å². The first kappa shape index (κ1) is 11.0. The molecule has 17 heavy (non-hydrogen) atoms. The minimum Gasteiger partial charge on any atom is -0.393 e. The van der Waals surface area contributed by atoms with Gasteiger partial charge in [0.15, 0.2) is 0 Å². The molecule has 0 radical (unpaired) electrons. The summed E-state index contributed by atoms with van der Waals surface area (Å²) in [5.41, 5.74) is 0. The molecule has 2 N–H and O–H groups in total. The maximum atomic E-state index is 11.9. The van der Waals surface area contributed by atoms with Gasteiger partial charge in [0.25, 0.3) is 0 Å². The van der Waals surface area contributed by atoms with Crippen LogP contribution in [-0.4, -0.2) is 46.6 Å². The number of likely N-dealkylation sites (tertiary alicyclic amines) is 1. The van der Waals surface area contributed by atoms with E-state index >= 15 is 0 Å². The molecule has 2 saturated carbocycles. The maximum absolute atomic E-state index is 11.9. The summed E-state index contributed by atoms with van der Waals surface area (Å²) >= 11 is 0. The average Bonchev–Trinajstić information content (AvgIpc) is 3.00. The molecule has 3 rings (SSSR count). The van der Waals surface area contributed by atoms with Crippen molar-refractivity contribution in [3.05, 3.63) is 0 Å². The predicted molar refractivity (Wildman–Crippen MR) is 60.0 cm³/mol. The van der Waals surface area contributed by atoms with E-state index in [1.165, 1.54) is 0 Å². The van der Waals surface area contributed by atoms with Crippen LogP contribution in [0, 0.1) is 5.92 Å². The Kier molecular flexibility index (Phi) is 2.58. The monoisotopic (exact) mass is 238 g/mol. The van der Waals surface area contributed by atoms with E-state index in [4.69, 9.17) is 5.11 Å². The summed E-state index contributed by atoms with van der Waals surface area (Å²) in [4.78, 5) is 25.5. The number of aliphatic hydroxyl groups is 1. The van der Waals surface area contributed by atoms with E-state index in [0.717, 1.165) is 12.8 Å². The van der Waals surface area contributed by atoms with Crippen LogP contribution in [0.25, 0.3) is 0 Å². The number of nitrogens with zero attached hydrogens (tertiary/aromatic N) is 1. The van der Waals surface area contributed by atoms with E-state index in [2.05, 4.69) is 5.32 Å². The Balaban J connectivity index is 1.51. The SMILES string of the molecule is O=C(NC1CC(O)C1)C1CC(=O)N(C2CC2)C1. The summed E-state index contributed by atoms with van der Waals surface area (Å²) in [6.45, 7) is 0.588. The number of carbonyl (C=O) groups is 2. The van der Waals surface area contributed by atoms with Crippen LogP contribution in [0.4, 0.5) is 0 Å². The lowest BCUT2D eigenvalue weighted by Crippen LogP contribution is -2.48. The lowest BCUT2D eigenvalue weighted by molar-refractivity contribution is -0.129. The van der Waals surface area contributed by atoms with Crippen molar-refractivity contribution < 1.29 is 14.7 Å². The van der Waals surface area contributed by atoms with Crippen molar-refractivity contribution in [1.82, 2.24) is 10.2 Å². The summed E-state index contributed by atoms with van der Waals surface area (Å²) in [5.74, 6) is -0.0689. The van der Waals surface area contributed by atoms with Gasteiger partial charge in [-0.1, -0.05) is 0 Å². The standard InChI is InChI=1S/C12H18N2O3/c15-10-4-8(5-10)13-12(17)7-3-11(16)14(6-7)9-1-2-9/h7-10,15H,1-6H2,(H,13,17). The Morgan fingerprint density at radius 2 is 2.06 bits per heavy atom. The van der Waals surface area contributed by atoms with Gasteiger partial charge in [0.05, 0.1) is 12.0 Å². The molecule has 0 aromatic rings. The largest absolute Gasteiger partial charge is 0.393 e. The molecule has 5 heteroatoms. The molecule has 1 unspecified atom stereocenters. The quantitative estimate of drug-likeness (QED) is 0.705. The van der Waals surface area contributed by atoms with E-state index in [1.54, 1.807) is 0 Å². The minimum atomic E-state index is -0.256. The number of aliphatic hydroxyl groups excluding tert-OH is 1. The van der Waals surface area contributed by atoms with E-state index in [0.29, 0.717) is 31.8 Å². The number of nitrogens with one attached hydrogen (secondary N) is 1. The Morgan fingerprint density at radius 1 is 1.35 bits per heavy atom. The first-order valence-electron chi connectivity index (χ1n) is 6.41. The topological polar surface area (TPSA) is 69.6 Å². The second-order valence-electron chi connectivity index (χ2n) is 5.51. The van der Waals surface area contributed by atoms with Crippen molar-refractivity contribution in [3.8, 4) is 0 Å². The smallest absolute Gasteiger partial charge is 0.225 e. The highest BCUT2D eigenvalue weighted by Gasteiger charge is 2.42. The molecule has 3 aliphatic rings. The van der Waals surface area contributed by atoms with Crippen LogP contribution in [0.2, 0.25) is 0 Å². The van der Waals surface area contributed by atoms with Crippen molar-refractivity contribution in [2.24, 2.45) is 5.92 Å². The fourth-order valence-electron chi connectivity index (χ4n) is 2.67. The summed E-state index contributed by atoms with van der Waals surface area (Å²) in [6.07, 6.45) is 3.59. The van der Waals surface area contributed by atoms with Crippen LogP contribution in [-0.2, 0) is 9.59 Å². The van der Waals surface area contributed by atoms with Gasteiger partial charge in [0, 0.05) is 25.0 Å². The fourth-order valence-corrected chi connectivity index (χ4v) is 2.67. The van der Waals surface area contributed by atoms with Gasteiger partial charge >= 0.3 is 0 Å². The predicted octanol–water partition coefficient (Wildman–Crippen LogP) is -0.363. The highest BCUT2D eigenvalue weighted by molar-refractivity contribution is 5.89. The van der Waals surface area contributed by atoms with Gasteiger partial charge in [-0.05, 0) is 25.7 Å². The summed E-state index contributed by atoms with van der Waals surface area (Å²) in [7, 11) is 0. The number of amides is 2. The maximum Gasteiger partial charge on any atom is 0.225 e. The van der Waals surface area contributed by atoms with Crippen molar-refractivity contribution in [3.63, 3.8) is 0 Å². The molecular formula is C12H18N2O3. The Labute approximate surface area is 100 Å². The van der Waals surface area contributed by atoms with Crippen molar-refractivity contribution in [1.29, 1.82) is 0 Å². The van der Waals surface area contributed by atoms with Gasteiger partial charge in [-0.3, -0.25) is 9.59 Å². The molecule has 1 atom stereocenters. The molecule has 1 aliphatic heterocycles. The van der Waals surface area contributed by atoms with Crippen LogP contribution in [0.15, 0.2) is 0 Å². The lowest BCUT2D eigenvalue weighted by atomic mass is 9.89. The van der Waals surface area contributed by atoms with Crippen LogP contribution in [0.3, 0.4) is 0 Å². The summed E-state index contributed by atoms with van der Waals surface area (Å²) in [6, 6.07) is 0.522. The van der Waals surface area contributed by atoms with Crippen molar-refractivity contribution in [2.45, 2.75) is 50.3 Å². The zero-order valence-corrected chi connectivity index (χ0v) is 9.76. The summed E-state index contributed by atoms with van der Waals surface area (Å²) in [5, 5.41) is 12.1. The third-order valence-electron chi connectivity index (χ3n) is 3.98. The highest BCUT2D eigenvalue weighted by atomic mass is 16.3.